The highest BCUT2D eigenvalue weighted by Crippen LogP contribution is 2.34. The zero-order valence-electron chi connectivity index (χ0n) is 8.56. The lowest BCUT2D eigenvalue weighted by molar-refractivity contribution is -0.113. The Bertz CT molecular complexity index is 461. The molecule has 1 aromatic carbocycles. The molecule has 2 rings (SSSR count). The molecule has 16 heavy (non-hydrogen) atoms. The molecule has 2 N–H and O–H groups in total. The van der Waals surface area contributed by atoms with Crippen molar-refractivity contribution in [3.05, 3.63) is 18.2 Å². The van der Waals surface area contributed by atoms with Gasteiger partial charge in [0.2, 0.25) is 5.91 Å². The summed E-state index contributed by atoms with van der Waals surface area (Å²) in [6.07, 6.45) is -1.03. The molecule has 0 fully saturated rings. The van der Waals surface area contributed by atoms with Crippen LogP contribution in [0.1, 0.15) is 0 Å². The van der Waals surface area contributed by atoms with E-state index in [1.54, 1.807) is 12.1 Å². The lowest BCUT2D eigenvalue weighted by Gasteiger charge is -2.19. The molecule has 0 atom stereocenters. The Morgan fingerprint density at radius 1 is 1.56 bits per heavy atom. The summed E-state index contributed by atoms with van der Waals surface area (Å²) in [6.45, 7) is 0. The minimum Gasteiger partial charge on any atom is -0.465 e. The largest absolute Gasteiger partial charge is 0.465 e. The Labute approximate surface area is 96.4 Å². The van der Waals surface area contributed by atoms with Gasteiger partial charge in [0.1, 0.15) is 0 Å². The lowest BCUT2D eigenvalue weighted by atomic mass is 10.2. The van der Waals surface area contributed by atoms with E-state index in [0.29, 0.717) is 17.1 Å². The van der Waals surface area contributed by atoms with Gasteiger partial charge in [-0.25, -0.2) is 4.79 Å². The molecule has 84 valence electrons. The van der Waals surface area contributed by atoms with Crippen LogP contribution >= 0.6 is 11.8 Å². The number of hydrogen-bond acceptors (Lipinski definition) is 3. The fraction of sp³-hybridized carbons (Fsp3) is 0.200. The number of benzene rings is 1. The Hall–Kier alpha value is -1.69. The van der Waals surface area contributed by atoms with E-state index in [4.69, 9.17) is 5.11 Å². The Morgan fingerprint density at radius 2 is 2.31 bits per heavy atom. The summed E-state index contributed by atoms with van der Waals surface area (Å²) in [4.78, 5) is 24.0. The fourth-order valence-corrected chi connectivity index (χ4v) is 2.18. The molecule has 0 spiro atoms. The van der Waals surface area contributed by atoms with Gasteiger partial charge in [-0.05, 0) is 18.2 Å². The van der Waals surface area contributed by atoms with E-state index in [1.165, 1.54) is 18.8 Å². The molecule has 2 amide bonds. The van der Waals surface area contributed by atoms with Crippen LogP contribution in [0.2, 0.25) is 0 Å². The number of carboxylic acid groups (broad SMARTS) is 1. The maximum atomic E-state index is 11.2. The highest BCUT2D eigenvalue weighted by Gasteiger charge is 2.17. The quantitative estimate of drug-likeness (QED) is 0.783. The summed E-state index contributed by atoms with van der Waals surface area (Å²) in [6, 6.07) is 5.19. The first-order valence-corrected chi connectivity index (χ1v) is 5.60. The molecule has 0 aliphatic carbocycles. The van der Waals surface area contributed by atoms with Crippen molar-refractivity contribution in [1.82, 2.24) is 0 Å². The number of hydrogen-bond donors (Lipinski definition) is 2. The van der Waals surface area contributed by atoms with Crippen molar-refractivity contribution in [2.75, 3.05) is 23.0 Å². The molecule has 0 bridgehead atoms. The minimum atomic E-state index is -1.03. The van der Waals surface area contributed by atoms with Gasteiger partial charge in [0.25, 0.3) is 0 Å². The predicted octanol–water partition coefficient (Wildman–Crippen LogP) is 1.84. The van der Waals surface area contributed by atoms with Crippen LogP contribution in [0, 0.1) is 0 Å². The number of carbonyl (C=O) groups is 2. The molecule has 5 nitrogen and oxygen atoms in total. The number of thioether (sulfide) groups is 1. The van der Waals surface area contributed by atoms with Crippen LogP contribution in [0.15, 0.2) is 23.1 Å². The van der Waals surface area contributed by atoms with Gasteiger partial charge in [-0.1, -0.05) is 0 Å². The van der Waals surface area contributed by atoms with E-state index < -0.39 is 6.09 Å². The average Bonchev–Trinajstić information content (AvgIpc) is 2.26. The molecule has 1 aliphatic rings. The molecule has 0 saturated carbocycles. The highest BCUT2D eigenvalue weighted by molar-refractivity contribution is 8.00. The van der Waals surface area contributed by atoms with Gasteiger partial charge < -0.3 is 10.4 Å². The van der Waals surface area contributed by atoms with Crippen LogP contribution in [0.3, 0.4) is 0 Å². The van der Waals surface area contributed by atoms with E-state index in [-0.39, 0.29) is 5.91 Å². The van der Waals surface area contributed by atoms with E-state index in [2.05, 4.69) is 5.32 Å². The van der Waals surface area contributed by atoms with Crippen LogP contribution in [-0.4, -0.2) is 29.9 Å². The van der Waals surface area contributed by atoms with E-state index in [9.17, 15) is 9.59 Å². The minimum absolute atomic E-state index is 0.0624. The lowest BCUT2D eigenvalue weighted by Crippen LogP contribution is -2.24. The number of nitrogens with zero attached hydrogens (tertiary/aromatic N) is 1. The molecule has 0 radical (unpaired) electrons. The summed E-state index contributed by atoms with van der Waals surface area (Å²) in [5.41, 5.74) is 1.21. The van der Waals surface area contributed by atoms with Gasteiger partial charge in [0.05, 0.1) is 11.4 Å². The summed E-state index contributed by atoms with van der Waals surface area (Å²) < 4.78 is 0. The summed E-state index contributed by atoms with van der Waals surface area (Å²) in [5, 5.41) is 11.5. The van der Waals surface area contributed by atoms with Crippen LogP contribution < -0.4 is 10.2 Å². The molecular weight excluding hydrogens is 228 g/mol. The molecule has 1 aliphatic heterocycles. The SMILES string of the molecule is CN(C(=O)O)c1ccc2c(c1)NC(=O)CS2. The second-order valence-electron chi connectivity index (χ2n) is 3.36. The second kappa shape index (κ2) is 4.05. The summed E-state index contributed by atoms with van der Waals surface area (Å²) >= 11 is 1.45. The van der Waals surface area contributed by atoms with Crippen molar-refractivity contribution < 1.29 is 14.7 Å². The number of fused-ring (bicyclic) bond motifs is 1. The molecule has 6 heteroatoms. The van der Waals surface area contributed by atoms with Crippen molar-refractivity contribution in [3.8, 4) is 0 Å². The van der Waals surface area contributed by atoms with E-state index in [1.807, 2.05) is 6.07 Å². The van der Waals surface area contributed by atoms with Crippen LogP contribution in [-0.2, 0) is 4.79 Å². The van der Waals surface area contributed by atoms with Crippen molar-refractivity contribution in [2.45, 2.75) is 4.90 Å². The Kier molecular flexibility index (Phi) is 2.74. The number of rotatable bonds is 1. The third-order valence-corrected chi connectivity index (χ3v) is 3.34. The van der Waals surface area contributed by atoms with Crippen molar-refractivity contribution >= 4 is 35.1 Å². The molecular formula is C10H10N2O3S. The number of nitrogens with one attached hydrogen (secondary N) is 1. The van der Waals surface area contributed by atoms with Gasteiger partial charge in [-0.3, -0.25) is 9.69 Å². The normalized spacial score (nSPS) is 13.9. The highest BCUT2D eigenvalue weighted by atomic mass is 32.2. The zero-order chi connectivity index (χ0) is 11.7. The Balaban J connectivity index is 2.34. The standard InChI is InChI=1S/C10H10N2O3S/c1-12(10(14)15)6-2-3-8-7(4-6)11-9(13)5-16-8/h2-4H,5H2,1H3,(H,11,13)(H,14,15). The van der Waals surface area contributed by atoms with Gasteiger partial charge in [0, 0.05) is 17.6 Å². The van der Waals surface area contributed by atoms with E-state index in [0.717, 1.165) is 9.80 Å². The molecule has 0 aromatic heterocycles. The topological polar surface area (TPSA) is 69.6 Å². The van der Waals surface area contributed by atoms with Gasteiger partial charge in [0.15, 0.2) is 0 Å². The maximum Gasteiger partial charge on any atom is 0.411 e. The first-order chi connectivity index (χ1) is 7.58. The first-order valence-electron chi connectivity index (χ1n) is 4.61. The number of carbonyl (C=O) groups excluding carboxylic acids is 1. The maximum absolute atomic E-state index is 11.2. The fourth-order valence-electron chi connectivity index (χ4n) is 1.39. The molecule has 0 saturated heterocycles. The third kappa shape index (κ3) is 1.96. The predicted molar refractivity (Wildman–Crippen MR) is 62.2 cm³/mol. The van der Waals surface area contributed by atoms with Gasteiger partial charge >= 0.3 is 6.09 Å². The van der Waals surface area contributed by atoms with E-state index >= 15 is 0 Å². The van der Waals surface area contributed by atoms with Crippen molar-refractivity contribution in [3.63, 3.8) is 0 Å². The van der Waals surface area contributed by atoms with Gasteiger partial charge in [-0.15, -0.1) is 11.8 Å². The second-order valence-corrected chi connectivity index (χ2v) is 4.38. The number of amides is 2. The average molecular weight is 238 g/mol. The van der Waals surface area contributed by atoms with Crippen molar-refractivity contribution in [1.29, 1.82) is 0 Å². The van der Waals surface area contributed by atoms with Crippen molar-refractivity contribution in [2.24, 2.45) is 0 Å². The number of anilines is 2. The Morgan fingerprint density at radius 3 is 3.00 bits per heavy atom. The summed E-state index contributed by atoms with van der Waals surface area (Å²) in [7, 11) is 1.46. The third-order valence-electron chi connectivity index (χ3n) is 2.27. The van der Waals surface area contributed by atoms with Gasteiger partial charge in [-0.2, -0.15) is 0 Å². The molecule has 0 unspecified atom stereocenters. The monoisotopic (exact) mass is 238 g/mol. The first kappa shape index (κ1) is 10.8. The van der Waals surface area contributed by atoms with Crippen LogP contribution in [0.4, 0.5) is 16.2 Å². The van der Waals surface area contributed by atoms with Crippen LogP contribution in [0.5, 0.6) is 0 Å². The smallest absolute Gasteiger partial charge is 0.411 e. The molecule has 1 aromatic rings. The zero-order valence-corrected chi connectivity index (χ0v) is 9.37. The van der Waals surface area contributed by atoms with Crippen LogP contribution in [0.25, 0.3) is 0 Å². The molecule has 1 heterocycles. The summed E-state index contributed by atoms with van der Waals surface area (Å²) in [5.74, 6) is 0.342.